The molecule has 1 aliphatic heterocycles. The molecule has 21 heavy (non-hydrogen) atoms. The van der Waals surface area contributed by atoms with E-state index in [-0.39, 0.29) is 22.9 Å². The van der Waals surface area contributed by atoms with Gasteiger partial charge in [-0.05, 0) is 26.0 Å². The quantitative estimate of drug-likeness (QED) is 0.852. The smallest absolute Gasteiger partial charge is 0.244 e. The van der Waals surface area contributed by atoms with Crippen molar-refractivity contribution in [3.63, 3.8) is 0 Å². The Labute approximate surface area is 125 Å². The Morgan fingerprint density at radius 1 is 1.43 bits per heavy atom. The highest BCUT2D eigenvalue weighted by atomic mass is 32.2. The zero-order chi connectivity index (χ0) is 15.7. The van der Waals surface area contributed by atoms with E-state index in [0.717, 1.165) is 0 Å². The van der Waals surface area contributed by atoms with Gasteiger partial charge in [0.1, 0.15) is 10.7 Å². The second-order valence-electron chi connectivity index (χ2n) is 4.99. The van der Waals surface area contributed by atoms with Gasteiger partial charge in [0.25, 0.3) is 0 Å². The highest BCUT2D eigenvalue weighted by Gasteiger charge is 2.36. The lowest BCUT2D eigenvalue weighted by molar-refractivity contribution is 0.356. The molecule has 2 rings (SSSR count). The van der Waals surface area contributed by atoms with Crippen LogP contribution in [0.25, 0.3) is 0 Å². The van der Waals surface area contributed by atoms with E-state index in [1.54, 1.807) is 13.0 Å². The molecule has 0 aliphatic carbocycles. The molecule has 1 fully saturated rings. The number of pyridine rings is 1. The molecule has 1 saturated heterocycles. The molecule has 2 heterocycles. The molecule has 7 nitrogen and oxygen atoms in total. The van der Waals surface area contributed by atoms with Crippen LogP contribution in [-0.2, 0) is 19.9 Å². The summed E-state index contributed by atoms with van der Waals surface area (Å²) in [6.07, 6.45) is 1.29. The normalized spacial score (nSPS) is 22.9. The minimum absolute atomic E-state index is 0.0131. The summed E-state index contributed by atoms with van der Waals surface area (Å²) >= 11 is 0. The molecule has 9 heteroatoms. The van der Waals surface area contributed by atoms with Crippen molar-refractivity contribution in [1.82, 2.24) is 9.29 Å². The van der Waals surface area contributed by atoms with Gasteiger partial charge < -0.3 is 5.32 Å². The number of sulfone groups is 1. The molecule has 1 aromatic heterocycles. The molecule has 0 amide bonds. The number of nitrogens with zero attached hydrogens (tertiary/aromatic N) is 2. The number of rotatable bonds is 4. The van der Waals surface area contributed by atoms with E-state index in [4.69, 9.17) is 0 Å². The molecule has 0 bridgehead atoms. The van der Waals surface area contributed by atoms with E-state index in [1.165, 1.54) is 16.6 Å². The van der Waals surface area contributed by atoms with Crippen molar-refractivity contribution in [3.8, 4) is 0 Å². The Morgan fingerprint density at radius 3 is 2.67 bits per heavy atom. The summed E-state index contributed by atoms with van der Waals surface area (Å²) in [6, 6.07) is 2.51. The van der Waals surface area contributed by atoms with Crippen LogP contribution in [0.5, 0.6) is 0 Å². The molecule has 0 saturated carbocycles. The third-order valence-electron chi connectivity index (χ3n) is 3.31. The minimum atomic E-state index is -3.71. The molecule has 0 spiro atoms. The zero-order valence-corrected chi connectivity index (χ0v) is 13.6. The van der Waals surface area contributed by atoms with Gasteiger partial charge >= 0.3 is 0 Å². The van der Waals surface area contributed by atoms with E-state index in [9.17, 15) is 16.8 Å². The van der Waals surface area contributed by atoms with Gasteiger partial charge in [0, 0.05) is 25.3 Å². The molecule has 1 aliphatic rings. The van der Waals surface area contributed by atoms with Crippen molar-refractivity contribution >= 4 is 25.7 Å². The maximum absolute atomic E-state index is 12.5. The van der Waals surface area contributed by atoms with Gasteiger partial charge in [-0.2, -0.15) is 4.31 Å². The van der Waals surface area contributed by atoms with Crippen molar-refractivity contribution in [1.29, 1.82) is 0 Å². The molecular formula is C12H19N3O4S2. The van der Waals surface area contributed by atoms with E-state index < -0.39 is 25.9 Å². The van der Waals surface area contributed by atoms with Gasteiger partial charge in [-0.3, -0.25) is 0 Å². The topological polar surface area (TPSA) is 96.4 Å². The second-order valence-corrected chi connectivity index (χ2v) is 9.11. The first kappa shape index (κ1) is 16.2. The van der Waals surface area contributed by atoms with Crippen molar-refractivity contribution in [2.24, 2.45) is 0 Å². The third kappa shape index (κ3) is 3.53. The van der Waals surface area contributed by atoms with Gasteiger partial charge in [0.05, 0.1) is 11.5 Å². The standard InChI is InChI=1S/C12H19N3O4S2/c1-3-13-12-5-4-11(8-14-12)21(18,19)15-6-7-20(16,17)9-10(15)2/h4-5,8,10H,3,6-7,9H2,1-2H3,(H,13,14). The van der Waals surface area contributed by atoms with E-state index >= 15 is 0 Å². The Kier molecular flexibility index (Phi) is 4.54. The van der Waals surface area contributed by atoms with Crippen LogP contribution in [0, 0.1) is 0 Å². The van der Waals surface area contributed by atoms with Crippen LogP contribution >= 0.6 is 0 Å². The molecule has 1 N–H and O–H groups in total. The summed E-state index contributed by atoms with van der Waals surface area (Å²) in [7, 11) is -6.87. The predicted octanol–water partition coefficient (Wildman–Crippen LogP) is 0.321. The maximum atomic E-state index is 12.5. The molecule has 1 atom stereocenters. The van der Waals surface area contributed by atoms with Gasteiger partial charge in [-0.25, -0.2) is 21.8 Å². The van der Waals surface area contributed by atoms with Crippen LogP contribution in [0.1, 0.15) is 13.8 Å². The lowest BCUT2D eigenvalue weighted by Crippen LogP contribution is -2.49. The number of hydrogen-bond acceptors (Lipinski definition) is 6. The number of hydrogen-bond donors (Lipinski definition) is 1. The third-order valence-corrected chi connectivity index (χ3v) is 7.10. The van der Waals surface area contributed by atoms with Crippen molar-refractivity contribution in [2.75, 3.05) is 29.9 Å². The van der Waals surface area contributed by atoms with Gasteiger partial charge in [-0.15, -0.1) is 0 Å². The fourth-order valence-electron chi connectivity index (χ4n) is 2.29. The Bertz CT molecular complexity index is 699. The summed E-state index contributed by atoms with van der Waals surface area (Å²) in [4.78, 5) is 4.13. The average molecular weight is 333 g/mol. The molecule has 0 aromatic carbocycles. The summed E-state index contributed by atoms with van der Waals surface area (Å²) in [5, 5.41) is 2.99. The minimum Gasteiger partial charge on any atom is -0.370 e. The maximum Gasteiger partial charge on any atom is 0.244 e. The Balaban J connectivity index is 2.25. The van der Waals surface area contributed by atoms with Gasteiger partial charge in [-0.1, -0.05) is 0 Å². The van der Waals surface area contributed by atoms with Crippen LogP contribution in [-0.4, -0.2) is 56.8 Å². The fourth-order valence-corrected chi connectivity index (χ4v) is 5.64. The van der Waals surface area contributed by atoms with Crippen LogP contribution in [0.3, 0.4) is 0 Å². The largest absolute Gasteiger partial charge is 0.370 e. The summed E-state index contributed by atoms with van der Waals surface area (Å²) in [5.74, 6) is 0.319. The monoisotopic (exact) mass is 333 g/mol. The number of anilines is 1. The number of aromatic nitrogens is 1. The lowest BCUT2D eigenvalue weighted by atomic mass is 10.4. The van der Waals surface area contributed by atoms with Gasteiger partial charge in [0.15, 0.2) is 9.84 Å². The first-order valence-corrected chi connectivity index (χ1v) is 9.94. The molecule has 0 radical (unpaired) electrons. The number of sulfonamides is 1. The summed E-state index contributed by atoms with van der Waals surface area (Å²) < 4.78 is 49.4. The van der Waals surface area contributed by atoms with Gasteiger partial charge in [0.2, 0.25) is 10.0 Å². The average Bonchev–Trinajstić information content (AvgIpc) is 2.38. The highest BCUT2D eigenvalue weighted by Crippen LogP contribution is 2.22. The summed E-state index contributed by atoms with van der Waals surface area (Å²) in [5.41, 5.74) is 0. The molecule has 118 valence electrons. The first-order valence-electron chi connectivity index (χ1n) is 6.68. The Morgan fingerprint density at radius 2 is 2.14 bits per heavy atom. The SMILES string of the molecule is CCNc1ccc(S(=O)(=O)N2CCS(=O)(=O)CC2C)cn1. The van der Waals surface area contributed by atoms with Crippen LogP contribution in [0.4, 0.5) is 5.82 Å². The number of nitrogens with one attached hydrogen (secondary N) is 1. The zero-order valence-electron chi connectivity index (χ0n) is 12.0. The first-order chi connectivity index (χ1) is 9.76. The van der Waals surface area contributed by atoms with E-state index in [1.807, 2.05) is 6.92 Å². The highest BCUT2D eigenvalue weighted by molar-refractivity contribution is 7.92. The molecule has 1 unspecified atom stereocenters. The fraction of sp³-hybridized carbons (Fsp3) is 0.583. The lowest BCUT2D eigenvalue weighted by Gasteiger charge is -2.31. The van der Waals surface area contributed by atoms with Crippen LogP contribution in [0.2, 0.25) is 0 Å². The predicted molar refractivity (Wildman–Crippen MR) is 80.4 cm³/mol. The van der Waals surface area contributed by atoms with Crippen LogP contribution < -0.4 is 5.32 Å². The van der Waals surface area contributed by atoms with E-state index in [0.29, 0.717) is 12.4 Å². The van der Waals surface area contributed by atoms with E-state index in [2.05, 4.69) is 10.3 Å². The second kappa shape index (κ2) is 5.90. The molecular weight excluding hydrogens is 314 g/mol. The molecule has 1 aromatic rings. The van der Waals surface area contributed by atoms with Crippen LogP contribution in [0.15, 0.2) is 23.2 Å². The van der Waals surface area contributed by atoms with Crippen molar-refractivity contribution < 1.29 is 16.8 Å². The summed E-state index contributed by atoms with van der Waals surface area (Å²) in [6.45, 7) is 4.21. The van der Waals surface area contributed by atoms with Crippen molar-refractivity contribution in [3.05, 3.63) is 18.3 Å². The Hall–Kier alpha value is -1.19. The van der Waals surface area contributed by atoms with Crippen molar-refractivity contribution in [2.45, 2.75) is 24.8 Å².